The summed E-state index contributed by atoms with van der Waals surface area (Å²) >= 11 is 6.16. The van der Waals surface area contributed by atoms with Crippen molar-refractivity contribution in [1.82, 2.24) is 10.2 Å². The van der Waals surface area contributed by atoms with Crippen molar-refractivity contribution in [2.45, 2.75) is 39.0 Å². The summed E-state index contributed by atoms with van der Waals surface area (Å²) in [6.07, 6.45) is 2.65. The smallest absolute Gasteiger partial charge is 0.119 e. The minimum absolute atomic E-state index is 0. The van der Waals surface area contributed by atoms with Gasteiger partial charge in [0.15, 0.2) is 0 Å². The first-order valence-electron chi connectivity index (χ1n) is 9.16. The van der Waals surface area contributed by atoms with Gasteiger partial charge in [-0.1, -0.05) is 48.9 Å². The number of hydrogen-bond donors (Lipinski definition) is 1. The molecule has 2 aromatic carbocycles. The lowest BCUT2D eigenvalue weighted by molar-refractivity contribution is 0.260. The molecule has 150 valence electrons. The first-order valence-corrected chi connectivity index (χ1v) is 9.54. The lowest BCUT2D eigenvalue weighted by Crippen LogP contribution is -2.37. The highest BCUT2D eigenvalue weighted by Crippen LogP contribution is 2.19. The maximum absolute atomic E-state index is 6.16. The summed E-state index contributed by atoms with van der Waals surface area (Å²) in [6.45, 7) is 7.12. The third kappa shape index (κ3) is 7.17. The summed E-state index contributed by atoms with van der Waals surface area (Å²) in [5.74, 6) is 0.872. The van der Waals surface area contributed by atoms with Crippen molar-refractivity contribution >= 4 is 36.4 Å². The summed E-state index contributed by atoms with van der Waals surface area (Å²) in [4.78, 5) is 2.57. The van der Waals surface area contributed by atoms with Gasteiger partial charge in [0.25, 0.3) is 0 Å². The molecule has 1 unspecified atom stereocenters. The van der Waals surface area contributed by atoms with E-state index in [1.54, 1.807) is 0 Å². The summed E-state index contributed by atoms with van der Waals surface area (Å²) < 4.78 is 5.83. The fourth-order valence-electron chi connectivity index (χ4n) is 3.41. The SMILES string of the molecule is CCN1CCCC1CNCc1ccc(OCc2ccccc2Cl)cc1.Cl.Cl. The quantitative estimate of drug-likeness (QED) is 0.611. The highest BCUT2D eigenvalue weighted by Gasteiger charge is 2.21. The molecule has 1 fully saturated rings. The molecular formula is C21H29Cl3N2O. The van der Waals surface area contributed by atoms with E-state index in [0.29, 0.717) is 12.6 Å². The first kappa shape index (κ1) is 24.1. The Morgan fingerprint density at radius 1 is 1.11 bits per heavy atom. The molecule has 0 aliphatic carbocycles. The summed E-state index contributed by atoms with van der Waals surface area (Å²) in [5.41, 5.74) is 2.29. The van der Waals surface area contributed by atoms with Crippen molar-refractivity contribution in [2.24, 2.45) is 0 Å². The number of nitrogens with one attached hydrogen (secondary N) is 1. The number of ether oxygens (including phenoxy) is 1. The Labute approximate surface area is 180 Å². The fourth-order valence-corrected chi connectivity index (χ4v) is 3.60. The van der Waals surface area contributed by atoms with E-state index >= 15 is 0 Å². The highest BCUT2D eigenvalue weighted by molar-refractivity contribution is 6.31. The second-order valence-electron chi connectivity index (χ2n) is 6.58. The first-order chi connectivity index (χ1) is 12.3. The van der Waals surface area contributed by atoms with Gasteiger partial charge in [0.2, 0.25) is 0 Å². The Morgan fingerprint density at radius 3 is 2.56 bits per heavy atom. The molecule has 1 saturated heterocycles. The zero-order chi connectivity index (χ0) is 17.5. The van der Waals surface area contributed by atoms with E-state index in [1.807, 2.05) is 36.4 Å². The Balaban J connectivity index is 0.00000182. The Morgan fingerprint density at radius 2 is 1.85 bits per heavy atom. The van der Waals surface area contributed by atoms with Gasteiger partial charge >= 0.3 is 0 Å². The molecule has 1 aliphatic heterocycles. The average Bonchev–Trinajstić information content (AvgIpc) is 3.10. The highest BCUT2D eigenvalue weighted by atomic mass is 35.5. The van der Waals surface area contributed by atoms with Gasteiger partial charge in [-0.25, -0.2) is 0 Å². The largest absolute Gasteiger partial charge is 0.489 e. The second-order valence-corrected chi connectivity index (χ2v) is 6.99. The number of likely N-dealkylation sites (N-methyl/N-ethyl adjacent to an activating group) is 1. The molecule has 1 N–H and O–H groups in total. The molecule has 0 radical (unpaired) electrons. The zero-order valence-electron chi connectivity index (χ0n) is 15.7. The van der Waals surface area contributed by atoms with Crippen LogP contribution in [0.5, 0.6) is 5.75 Å². The predicted molar refractivity (Wildman–Crippen MR) is 119 cm³/mol. The Bertz CT molecular complexity index is 667. The predicted octanol–water partition coefficient (Wildman–Crippen LogP) is 5.34. The number of likely N-dealkylation sites (tertiary alicyclic amines) is 1. The van der Waals surface area contributed by atoms with Gasteiger partial charge in [-0.05, 0) is 49.7 Å². The Kier molecular flexibility index (Phi) is 11.1. The van der Waals surface area contributed by atoms with Crippen LogP contribution in [-0.2, 0) is 13.2 Å². The van der Waals surface area contributed by atoms with Crippen LogP contribution in [0.4, 0.5) is 0 Å². The lowest BCUT2D eigenvalue weighted by atomic mass is 10.2. The maximum atomic E-state index is 6.16. The third-order valence-corrected chi connectivity index (χ3v) is 5.26. The standard InChI is InChI=1S/C21H27ClN2O.2ClH/c1-2-24-13-5-7-19(24)15-23-14-17-9-11-20(12-10-17)25-16-18-6-3-4-8-21(18)22;;/h3-4,6,8-12,19,23H,2,5,7,13-16H2,1H3;2*1H. The van der Waals surface area contributed by atoms with Crippen molar-refractivity contribution in [3.8, 4) is 5.75 Å². The normalized spacial score (nSPS) is 16.4. The van der Waals surface area contributed by atoms with Crippen LogP contribution in [0.2, 0.25) is 5.02 Å². The molecule has 0 amide bonds. The van der Waals surface area contributed by atoms with Gasteiger partial charge in [0.1, 0.15) is 12.4 Å². The molecule has 0 aromatic heterocycles. The van der Waals surface area contributed by atoms with Crippen molar-refractivity contribution in [2.75, 3.05) is 19.6 Å². The molecule has 0 spiro atoms. The van der Waals surface area contributed by atoms with E-state index in [0.717, 1.165) is 36.0 Å². The molecule has 0 bridgehead atoms. The molecule has 6 heteroatoms. The number of benzene rings is 2. The third-order valence-electron chi connectivity index (χ3n) is 4.89. The molecule has 3 nitrogen and oxygen atoms in total. The average molecular weight is 432 g/mol. The van der Waals surface area contributed by atoms with Crippen LogP contribution >= 0.6 is 36.4 Å². The molecule has 27 heavy (non-hydrogen) atoms. The summed E-state index contributed by atoms with van der Waals surface area (Å²) in [7, 11) is 0. The minimum Gasteiger partial charge on any atom is -0.489 e. The van der Waals surface area contributed by atoms with E-state index in [9.17, 15) is 0 Å². The molecule has 1 atom stereocenters. The van der Waals surface area contributed by atoms with E-state index in [-0.39, 0.29) is 24.8 Å². The fraction of sp³-hybridized carbons (Fsp3) is 0.429. The van der Waals surface area contributed by atoms with Gasteiger partial charge in [-0.15, -0.1) is 24.8 Å². The summed E-state index contributed by atoms with van der Waals surface area (Å²) in [6, 6.07) is 16.8. The lowest BCUT2D eigenvalue weighted by Gasteiger charge is -2.23. The van der Waals surface area contributed by atoms with Crippen LogP contribution in [0, 0.1) is 0 Å². The van der Waals surface area contributed by atoms with Crippen molar-refractivity contribution < 1.29 is 4.74 Å². The molecule has 1 aliphatic rings. The molecular weight excluding hydrogens is 403 g/mol. The number of halogens is 3. The summed E-state index contributed by atoms with van der Waals surface area (Å²) in [5, 5.41) is 4.34. The van der Waals surface area contributed by atoms with Gasteiger partial charge in [-0.2, -0.15) is 0 Å². The number of rotatable bonds is 8. The van der Waals surface area contributed by atoms with Crippen LogP contribution in [0.1, 0.15) is 30.9 Å². The van der Waals surface area contributed by atoms with E-state index < -0.39 is 0 Å². The zero-order valence-corrected chi connectivity index (χ0v) is 18.1. The van der Waals surface area contributed by atoms with Gasteiger partial charge < -0.3 is 10.1 Å². The Hall–Kier alpha value is -0.970. The van der Waals surface area contributed by atoms with Crippen molar-refractivity contribution in [1.29, 1.82) is 0 Å². The second kappa shape index (κ2) is 12.5. The van der Waals surface area contributed by atoms with Crippen molar-refractivity contribution in [3.05, 3.63) is 64.7 Å². The van der Waals surface area contributed by atoms with Gasteiger partial charge in [0, 0.05) is 29.7 Å². The maximum Gasteiger partial charge on any atom is 0.119 e. The minimum atomic E-state index is 0. The van der Waals surface area contributed by atoms with Crippen LogP contribution < -0.4 is 10.1 Å². The molecule has 2 aromatic rings. The van der Waals surface area contributed by atoms with Gasteiger partial charge in [0.05, 0.1) is 0 Å². The van der Waals surface area contributed by atoms with E-state index in [1.165, 1.54) is 24.9 Å². The van der Waals surface area contributed by atoms with E-state index in [2.05, 4.69) is 29.3 Å². The van der Waals surface area contributed by atoms with E-state index in [4.69, 9.17) is 16.3 Å². The van der Waals surface area contributed by atoms with Crippen LogP contribution in [0.15, 0.2) is 48.5 Å². The van der Waals surface area contributed by atoms with Gasteiger partial charge in [-0.3, -0.25) is 4.90 Å². The molecule has 1 heterocycles. The molecule has 3 rings (SSSR count). The van der Waals surface area contributed by atoms with Crippen molar-refractivity contribution in [3.63, 3.8) is 0 Å². The number of nitrogens with zero attached hydrogens (tertiary/aromatic N) is 1. The van der Waals surface area contributed by atoms with Crippen LogP contribution in [0.3, 0.4) is 0 Å². The van der Waals surface area contributed by atoms with Crippen LogP contribution in [0.25, 0.3) is 0 Å². The monoisotopic (exact) mass is 430 g/mol. The van der Waals surface area contributed by atoms with Crippen LogP contribution in [-0.4, -0.2) is 30.6 Å². The molecule has 0 saturated carbocycles. The number of hydrogen-bond acceptors (Lipinski definition) is 3. The topological polar surface area (TPSA) is 24.5 Å².